The molecular weight excluding hydrogens is 230 g/mol. The minimum absolute atomic E-state index is 0.153. The van der Waals surface area contributed by atoms with Crippen LogP contribution in [0.5, 0.6) is 0 Å². The van der Waals surface area contributed by atoms with Gasteiger partial charge in [-0.05, 0) is 12.0 Å². The maximum absolute atomic E-state index is 5.37. The van der Waals surface area contributed by atoms with Gasteiger partial charge in [0.05, 0.1) is 5.67 Å². The predicted octanol–water partition coefficient (Wildman–Crippen LogP) is 2.59. The van der Waals surface area contributed by atoms with Gasteiger partial charge < -0.3 is 8.85 Å². The first-order valence-corrected chi connectivity index (χ1v) is 7.24. The lowest BCUT2D eigenvalue weighted by Gasteiger charge is -2.16. The molecule has 93 valence electrons. The molecule has 0 saturated carbocycles. The van der Waals surface area contributed by atoms with Gasteiger partial charge in [-0.25, -0.2) is 0 Å². The van der Waals surface area contributed by atoms with Crippen LogP contribution in [0.1, 0.15) is 25.3 Å². The van der Waals surface area contributed by atoms with Crippen molar-refractivity contribution in [1.82, 2.24) is 0 Å². The van der Waals surface area contributed by atoms with Gasteiger partial charge in [-0.2, -0.15) is 0 Å². The molecule has 0 amide bonds. The van der Waals surface area contributed by atoms with Gasteiger partial charge in [-0.3, -0.25) is 4.99 Å². The summed E-state index contributed by atoms with van der Waals surface area (Å²) in [4.78, 5) is 4.60. The van der Waals surface area contributed by atoms with E-state index < -0.39 is 9.28 Å². The second-order valence-electron chi connectivity index (χ2n) is 3.72. The van der Waals surface area contributed by atoms with Gasteiger partial charge in [0.15, 0.2) is 0 Å². The average Bonchev–Trinajstić information content (AvgIpc) is 2.38. The van der Waals surface area contributed by atoms with Crippen LogP contribution in [0.4, 0.5) is 0 Å². The van der Waals surface area contributed by atoms with Crippen molar-refractivity contribution in [3.05, 3.63) is 35.9 Å². The Morgan fingerprint density at radius 2 is 1.88 bits per heavy atom. The zero-order valence-corrected chi connectivity index (χ0v) is 11.7. The molecule has 1 radical (unpaired) electrons. The Kier molecular flexibility index (Phi) is 6.77. The summed E-state index contributed by atoms with van der Waals surface area (Å²) in [6, 6.07) is 10.1. The van der Waals surface area contributed by atoms with Crippen molar-refractivity contribution in [2.24, 2.45) is 4.99 Å². The van der Waals surface area contributed by atoms with E-state index in [1.165, 1.54) is 0 Å². The summed E-state index contributed by atoms with van der Waals surface area (Å²) in [7, 11) is 2.09. The average molecular weight is 250 g/mol. The van der Waals surface area contributed by atoms with Gasteiger partial charge in [0, 0.05) is 20.4 Å². The fraction of sp³-hybridized carbons (Fsp3) is 0.462. The standard InChI is InChI=1S/C13H20NO2Si/c1-4-8-13(17(15-2)16-3)14-11-12-9-6-5-7-10-12/h5-7,9-11,13H,4,8H2,1-3H3. The lowest BCUT2D eigenvalue weighted by atomic mass is 10.2. The van der Waals surface area contributed by atoms with Crippen molar-refractivity contribution in [2.45, 2.75) is 25.4 Å². The SMILES string of the molecule is CCCC(N=Cc1ccccc1)[Si](OC)OC. The van der Waals surface area contributed by atoms with Gasteiger partial charge in [0.25, 0.3) is 0 Å². The van der Waals surface area contributed by atoms with Crippen molar-refractivity contribution >= 4 is 15.5 Å². The molecule has 0 aromatic heterocycles. The Morgan fingerprint density at radius 1 is 1.24 bits per heavy atom. The fourth-order valence-electron chi connectivity index (χ4n) is 1.60. The van der Waals surface area contributed by atoms with Crippen LogP contribution in [-0.4, -0.2) is 35.4 Å². The maximum atomic E-state index is 5.37. The van der Waals surface area contributed by atoms with E-state index in [0.717, 1.165) is 18.4 Å². The summed E-state index contributed by atoms with van der Waals surface area (Å²) in [5.41, 5.74) is 1.27. The van der Waals surface area contributed by atoms with Crippen LogP contribution in [0, 0.1) is 0 Å². The van der Waals surface area contributed by atoms with Crippen LogP contribution in [0.2, 0.25) is 0 Å². The first-order valence-electron chi connectivity index (χ1n) is 5.84. The van der Waals surface area contributed by atoms with Gasteiger partial charge in [0.1, 0.15) is 0 Å². The minimum Gasteiger partial charge on any atom is -0.395 e. The molecule has 0 saturated heterocycles. The molecule has 1 unspecified atom stereocenters. The Hall–Kier alpha value is -0.973. The van der Waals surface area contributed by atoms with Crippen molar-refractivity contribution in [3.8, 4) is 0 Å². The molecular formula is C13H20NO2Si. The highest BCUT2D eigenvalue weighted by Crippen LogP contribution is 2.08. The molecule has 0 aliphatic heterocycles. The molecule has 0 aliphatic carbocycles. The van der Waals surface area contributed by atoms with E-state index >= 15 is 0 Å². The van der Waals surface area contributed by atoms with E-state index in [1.807, 2.05) is 36.5 Å². The van der Waals surface area contributed by atoms with Crippen LogP contribution < -0.4 is 0 Å². The van der Waals surface area contributed by atoms with Crippen LogP contribution >= 0.6 is 0 Å². The van der Waals surface area contributed by atoms with Gasteiger partial charge in [0.2, 0.25) is 0 Å². The summed E-state index contributed by atoms with van der Waals surface area (Å²) < 4.78 is 10.7. The smallest absolute Gasteiger partial charge is 0.395 e. The lowest BCUT2D eigenvalue weighted by molar-refractivity contribution is 0.264. The first-order chi connectivity index (χ1) is 8.31. The highest BCUT2D eigenvalue weighted by Gasteiger charge is 2.24. The third kappa shape index (κ3) is 4.81. The second kappa shape index (κ2) is 8.17. The third-order valence-corrected chi connectivity index (χ3v) is 4.23. The number of hydrogen-bond donors (Lipinski definition) is 0. The van der Waals surface area contributed by atoms with Crippen LogP contribution in [0.3, 0.4) is 0 Å². The highest BCUT2D eigenvalue weighted by molar-refractivity contribution is 6.46. The largest absolute Gasteiger partial charge is 0.411 e. The Labute approximate surface area is 105 Å². The summed E-state index contributed by atoms with van der Waals surface area (Å²) in [6.07, 6.45) is 3.99. The van der Waals surface area contributed by atoms with Crippen molar-refractivity contribution in [2.75, 3.05) is 14.2 Å². The number of hydrogen-bond acceptors (Lipinski definition) is 3. The van der Waals surface area contributed by atoms with Gasteiger partial charge >= 0.3 is 9.28 Å². The summed E-state index contributed by atoms with van der Waals surface area (Å²) in [6.45, 7) is 2.15. The number of benzene rings is 1. The van der Waals surface area contributed by atoms with Gasteiger partial charge in [-0.15, -0.1) is 0 Å². The topological polar surface area (TPSA) is 30.8 Å². The Bertz CT molecular complexity index is 325. The quantitative estimate of drug-likeness (QED) is 0.550. The molecule has 0 fully saturated rings. The van der Waals surface area contributed by atoms with E-state index in [9.17, 15) is 0 Å². The molecule has 3 nitrogen and oxygen atoms in total. The summed E-state index contributed by atoms with van der Waals surface area (Å²) in [5.74, 6) is 0. The van der Waals surface area contributed by atoms with E-state index in [2.05, 4.69) is 11.9 Å². The van der Waals surface area contributed by atoms with Crippen molar-refractivity contribution < 1.29 is 8.85 Å². The number of nitrogens with zero attached hydrogens (tertiary/aromatic N) is 1. The van der Waals surface area contributed by atoms with E-state index in [-0.39, 0.29) is 5.67 Å². The zero-order chi connectivity index (χ0) is 12.5. The van der Waals surface area contributed by atoms with Crippen LogP contribution in [0.25, 0.3) is 0 Å². The second-order valence-corrected chi connectivity index (χ2v) is 5.84. The molecule has 0 N–H and O–H groups in total. The monoisotopic (exact) mass is 250 g/mol. The predicted molar refractivity (Wildman–Crippen MR) is 72.5 cm³/mol. The molecule has 1 rings (SSSR count). The highest BCUT2D eigenvalue weighted by atomic mass is 28.3. The Morgan fingerprint density at radius 3 is 2.41 bits per heavy atom. The molecule has 17 heavy (non-hydrogen) atoms. The van der Waals surface area contributed by atoms with Crippen LogP contribution in [0.15, 0.2) is 35.3 Å². The van der Waals surface area contributed by atoms with E-state index in [0.29, 0.717) is 0 Å². The zero-order valence-electron chi connectivity index (χ0n) is 10.7. The van der Waals surface area contributed by atoms with Crippen molar-refractivity contribution in [3.63, 3.8) is 0 Å². The van der Waals surface area contributed by atoms with E-state index in [4.69, 9.17) is 8.85 Å². The molecule has 0 aliphatic rings. The molecule has 0 spiro atoms. The van der Waals surface area contributed by atoms with E-state index in [1.54, 1.807) is 14.2 Å². The maximum Gasteiger partial charge on any atom is 0.411 e. The molecule has 1 aromatic rings. The normalized spacial score (nSPS) is 13.4. The Balaban J connectivity index is 2.69. The molecule has 1 aromatic carbocycles. The minimum atomic E-state index is -1.29. The fourth-order valence-corrected chi connectivity index (χ4v) is 3.03. The van der Waals surface area contributed by atoms with Crippen LogP contribution in [-0.2, 0) is 8.85 Å². The summed E-state index contributed by atoms with van der Waals surface area (Å²) in [5, 5.41) is 0. The number of aliphatic imine (C=N–C) groups is 1. The van der Waals surface area contributed by atoms with Crippen molar-refractivity contribution in [1.29, 1.82) is 0 Å². The summed E-state index contributed by atoms with van der Waals surface area (Å²) >= 11 is 0. The molecule has 1 atom stereocenters. The molecule has 0 heterocycles. The third-order valence-electron chi connectivity index (χ3n) is 2.44. The first kappa shape index (κ1) is 14.1. The molecule has 0 bridgehead atoms. The number of rotatable bonds is 7. The van der Waals surface area contributed by atoms with Gasteiger partial charge in [-0.1, -0.05) is 43.7 Å². The lowest BCUT2D eigenvalue weighted by Crippen LogP contribution is -2.34. The molecule has 4 heteroatoms.